The fraction of sp³-hybridized carbons (Fsp3) is 0.111. The highest BCUT2D eigenvalue weighted by molar-refractivity contribution is 7.92. The lowest BCUT2D eigenvalue weighted by Gasteiger charge is -2.22. The molecule has 0 atom stereocenters. The number of benzene rings is 3. The van der Waals surface area contributed by atoms with Gasteiger partial charge in [-0.25, -0.2) is 16.8 Å². The molecule has 3 aromatic carbocycles. The zero-order chi connectivity index (χ0) is 27.3. The predicted octanol–water partition coefficient (Wildman–Crippen LogP) is 5.44. The number of pyridine rings is 1. The van der Waals surface area contributed by atoms with Crippen molar-refractivity contribution >= 4 is 48.8 Å². The molecule has 0 bridgehead atoms. The molecule has 4 aromatic rings. The van der Waals surface area contributed by atoms with Gasteiger partial charge in [-0.2, -0.15) is 4.31 Å². The molecule has 0 fully saturated rings. The van der Waals surface area contributed by atoms with Crippen molar-refractivity contribution in [1.29, 1.82) is 0 Å². The van der Waals surface area contributed by atoms with Gasteiger partial charge in [0, 0.05) is 28.4 Å². The van der Waals surface area contributed by atoms with Crippen LogP contribution in [0.2, 0.25) is 10.0 Å². The van der Waals surface area contributed by atoms with Crippen LogP contribution in [-0.4, -0.2) is 37.7 Å². The number of sulfonamides is 1. The summed E-state index contributed by atoms with van der Waals surface area (Å²) in [4.78, 5) is 17.0. The van der Waals surface area contributed by atoms with E-state index in [1.807, 2.05) is 0 Å². The summed E-state index contributed by atoms with van der Waals surface area (Å²) in [5.41, 5.74) is 1.35. The second kappa shape index (κ2) is 11.8. The first-order chi connectivity index (χ1) is 18.0. The van der Waals surface area contributed by atoms with Crippen molar-refractivity contribution in [3.8, 4) is 0 Å². The molecule has 0 aliphatic rings. The molecule has 0 saturated carbocycles. The van der Waals surface area contributed by atoms with Gasteiger partial charge in [-0.15, -0.1) is 0 Å². The highest BCUT2D eigenvalue weighted by Crippen LogP contribution is 2.23. The van der Waals surface area contributed by atoms with Gasteiger partial charge in [-0.05, 0) is 60.2 Å². The van der Waals surface area contributed by atoms with Gasteiger partial charge >= 0.3 is 0 Å². The number of nitrogens with zero attached hydrogens (tertiary/aromatic N) is 2. The van der Waals surface area contributed by atoms with Crippen LogP contribution in [0.1, 0.15) is 21.6 Å². The topological polar surface area (TPSA) is 101 Å². The number of carbonyl (C=O) groups is 1. The highest BCUT2D eigenvalue weighted by atomic mass is 35.5. The van der Waals surface area contributed by atoms with Gasteiger partial charge in [-0.1, -0.05) is 59.6 Å². The van der Waals surface area contributed by atoms with E-state index in [0.29, 0.717) is 16.3 Å². The second-order valence-corrected chi connectivity index (χ2v) is 13.2. The zero-order valence-corrected chi connectivity index (χ0v) is 23.0. The van der Waals surface area contributed by atoms with Crippen LogP contribution in [0.3, 0.4) is 0 Å². The minimum Gasteiger partial charge on any atom is -0.293 e. The molecule has 1 aromatic heterocycles. The largest absolute Gasteiger partial charge is 0.293 e. The van der Waals surface area contributed by atoms with Crippen molar-refractivity contribution in [3.05, 3.63) is 124 Å². The Balaban J connectivity index is 1.55. The Bertz CT molecular complexity index is 1640. The van der Waals surface area contributed by atoms with Crippen molar-refractivity contribution in [2.24, 2.45) is 0 Å². The monoisotopic (exact) mass is 588 g/mol. The summed E-state index contributed by atoms with van der Waals surface area (Å²) in [5.74, 6) is -1.31. The lowest BCUT2D eigenvalue weighted by atomic mass is 10.1. The summed E-state index contributed by atoms with van der Waals surface area (Å²) in [6, 6.07) is 23.0. The summed E-state index contributed by atoms with van der Waals surface area (Å²) >= 11 is 11.8. The fourth-order valence-corrected chi connectivity index (χ4v) is 6.70. The first kappa shape index (κ1) is 27.9. The molecule has 0 radical (unpaired) electrons. The maximum Gasteiger partial charge on any atom is 0.243 e. The summed E-state index contributed by atoms with van der Waals surface area (Å²) in [5, 5.41) is 0.671. The third-order valence-corrected chi connectivity index (χ3v) is 9.53. The SMILES string of the molecule is O=C(CS(=O)(=O)c1cccc(Cl)c1)c1ccc(CN(Cc2ccccn2)S(=O)(=O)c2ccc(Cl)cc2)cc1. The molecule has 0 amide bonds. The van der Waals surface area contributed by atoms with Gasteiger partial charge in [0.2, 0.25) is 10.0 Å². The first-order valence-electron chi connectivity index (χ1n) is 11.3. The number of aromatic nitrogens is 1. The number of rotatable bonds is 10. The summed E-state index contributed by atoms with van der Waals surface area (Å²) < 4.78 is 53.5. The van der Waals surface area contributed by atoms with Crippen LogP contribution >= 0.6 is 23.2 Å². The van der Waals surface area contributed by atoms with Crippen LogP contribution in [0.25, 0.3) is 0 Å². The molecule has 11 heteroatoms. The first-order valence-corrected chi connectivity index (χ1v) is 15.2. The standard InChI is InChI=1S/C27H22Cl2N2O5S2/c28-22-11-13-25(14-12-22)38(35,36)31(18-24-5-1-2-15-30-24)17-20-7-9-21(10-8-20)27(32)19-37(33,34)26-6-3-4-23(29)16-26/h1-16H,17-19H2. The lowest BCUT2D eigenvalue weighted by Crippen LogP contribution is -2.30. The Labute approximate surface area is 231 Å². The van der Waals surface area contributed by atoms with Crippen molar-refractivity contribution < 1.29 is 21.6 Å². The van der Waals surface area contributed by atoms with E-state index in [1.165, 1.54) is 58.9 Å². The Hall–Kier alpha value is -3.08. The Morgan fingerprint density at radius 1 is 0.737 bits per heavy atom. The molecule has 0 saturated heterocycles. The molecule has 38 heavy (non-hydrogen) atoms. The zero-order valence-electron chi connectivity index (χ0n) is 19.9. The average molecular weight is 590 g/mol. The molecule has 4 rings (SSSR count). The number of halogens is 2. The van der Waals surface area contributed by atoms with Crippen molar-refractivity contribution in [2.75, 3.05) is 5.75 Å². The lowest BCUT2D eigenvalue weighted by molar-refractivity contribution is 0.102. The minimum absolute atomic E-state index is 0.00316. The minimum atomic E-state index is -3.92. The number of sulfone groups is 1. The molecule has 0 aliphatic heterocycles. The maximum atomic E-state index is 13.5. The Morgan fingerprint density at radius 2 is 1.45 bits per heavy atom. The highest BCUT2D eigenvalue weighted by Gasteiger charge is 2.26. The summed E-state index contributed by atoms with van der Waals surface area (Å²) in [6.45, 7) is 0.0151. The number of carbonyl (C=O) groups excluding carboxylic acids is 1. The van der Waals surface area contributed by atoms with Crippen molar-refractivity contribution in [3.63, 3.8) is 0 Å². The predicted molar refractivity (Wildman–Crippen MR) is 146 cm³/mol. The molecule has 0 aliphatic carbocycles. The van der Waals surface area contributed by atoms with Crippen LogP contribution in [-0.2, 0) is 33.0 Å². The van der Waals surface area contributed by atoms with Gasteiger partial charge in [0.25, 0.3) is 0 Å². The van der Waals surface area contributed by atoms with Crippen LogP contribution in [0.5, 0.6) is 0 Å². The van der Waals surface area contributed by atoms with E-state index in [1.54, 1.807) is 42.6 Å². The van der Waals surface area contributed by atoms with E-state index in [9.17, 15) is 21.6 Å². The molecule has 196 valence electrons. The normalized spacial score (nSPS) is 12.0. The van der Waals surface area contributed by atoms with E-state index in [2.05, 4.69) is 4.98 Å². The summed E-state index contributed by atoms with van der Waals surface area (Å²) in [6.07, 6.45) is 1.58. The fourth-order valence-electron chi connectivity index (χ4n) is 3.65. The molecule has 0 unspecified atom stereocenters. The quantitative estimate of drug-likeness (QED) is 0.229. The van der Waals surface area contributed by atoms with E-state index in [-0.39, 0.29) is 33.5 Å². The molecule has 0 spiro atoms. The van der Waals surface area contributed by atoms with Crippen molar-refractivity contribution in [2.45, 2.75) is 22.9 Å². The second-order valence-electron chi connectivity index (χ2n) is 8.38. The van der Waals surface area contributed by atoms with Crippen LogP contribution in [0, 0.1) is 0 Å². The van der Waals surface area contributed by atoms with Crippen molar-refractivity contribution in [1.82, 2.24) is 9.29 Å². The van der Waals surface area contributed by atoms with Gasteiger partial charge in [0.1, 0.15) is 5.75 Å². The van der Waals surface area contributed by atoms with Crippen LogP contribution in [0.15, 0.2) is 107 Å². The molecular formula is C27H22Cl2N2O5S2. The number of hydrogen-bond donors (Lipinski definition) is 0. The average Bonchev–Trinajstić information content (AvgIpc) is 2.89. The van der Waals surface area contributed by atoms with Crippen LogP contribution in [0.4, 0.5) is 0 Å². The van der Waals surface area contributed by atoms with E-state index >= 15 is 0 Å². The third kappa shape index (κ3) is 6.86. The van der Waals surface area contributed by atoms with E-state index in [0.717, 1.165) is 0 Å². The van der Waals surface area contributed by atoms with Gasteiger partial charge in [0.15, 0.2) is 15.6 Å². The molecule has 1 heterocycles. The summed E-state index contributed by atoms with van der Waals surface area (Å²) in [7, 11) is -7.81. The number of ketones is 1. The molecular weight excluding hydrogens is 567 g/mol. The van der Waals surface area contributed by atoms with Gasteiger partial charge in [0.05, 0.1) is 22.0 Å². The van der Waals surface area contributed by atoms with Gasteiger partial charge in [-0.3, -0.25) is 9.78 Å². The smallest absolute Gasteiger partial charge is 0.243 e. The Morgan fingerprint density at radius 3 is 2.08 bits per heavy atom. The van der Waals surface area contributed by atoms with E-state index in [4.69, 9.17) is 23.2 Å². The van der Waals surface area contributed by atoms with Gasteiger partial charge < -0.3 is 0 Å². The molecule has 0 N–H and O–H groups in total. The molecule has 7 nitrogen and oxygen atoms in total. The Kier molecular flexibility index (Phi) is 8.64. The third-order valence-electron chi connectivity index (χ3n) is 5.63. The van der Waals surface area contributed by atoms with E-state index < -0.39 is 31.4 Å². The van der Waals surface area contributed by atoms with Crippen LogP contribution < -0.4 is 0 Å². The number of hydrogen-bond acceptors (Lipinski definition) is 6. The maximum absolute atomic E-state index is 13.5. The number of Topliss-reactive ketones (excluding diaryl/α,β-unsaturated/α-hetero) is 1.